The number of phenolic OH excluding ortho intramolecular Hbond substituents is 1. The molecular formula is C22H15Br2N3O3S. The fourth-order valence-corrected chi connectivity index (χ4v) is 4.99. The second-order valence-corrected chi connectivity index (χ2v) is 9.22. The molecule has 2 aromatic carbocycles. The number of aromatic hydroxyl groups is 1. The number of nitrogens with zero attached hydrogens (tertiary/aromatic N) is 3. The molecule has 4 rings (SSSR count). The number of hydrogen-bond donors (Lipinski definition) is 1. The summed E-state index contributed by atoms with van der Waals surface area (Å²) in [6.45, 7) is 0.226. The molecule has 0 bridgehead atoms. The molecule has 0 aliphatic carbocycles. The minimum absolute atomic E-state index is 0.0502. The lowest BCUT2D eigenvalue weighted by Gasteiger charge is -2.12. The van der Waals surface area contributed by atoms with Crippen molar-refractivity contribution in [1.82, 2.24) is 4.90 Å². The Balaban J connectivity index is 1.67. The van der Waals surface area contributed by atoms with Gasteiger partial charge in [0.05, 0.1) is 28.4 Å². The third-order valence-corrected chi connectivity index (χ3v) is 6.34. The number of halogens is 2. The van der Waals surface area contributed by atoms with Crippen LogP contribution in [0.4, 0.5) is 0 Å². The van der Waals surface area contributed by atoms with Gasteiger partial charge in [0.15, 0.2) is 5.17 Å². The van der Waals surface area contributed by atoms with Gasteiger partial charge in [-0.15, -0.1) is 5.10 Å². The first-order valence-corrected chi connectivity index (χ1v) is 11.5. The maximum absolute atomic E-state index is 13.1. The van der Waals surface area contributed by atoms with Crippen molar-refractivity contribution >= 4 is 67.0 Å². The molecule has 31 heavy (non-hydrogen) atoms. The highest BCUT2D eigenvalue weighted by Crippen LogP contribution is 2.38. The SMILES string of the molecule is O=C1/C(=C/c2cc(Br)cc(Br)c2O)S/C(=N\N=C\c2ccccc2)N1Cc1ccco1. The Morgan fingerprint density at radius 1 is 1.13 bits per heavy atom. The topological polar surface area (TPSA) is 78.4 Å². The van der Waals surface area contributed by atoms with Gasteiger partial charge < -0.3 is 9.52 Å². The molecule has 0 unspecified atom stereocenters. The number of amidine groups is 1. The summed E-state index contributed by atoms with van der Waals surface area (Å²) < 4.78 is 6.70. The molecule has 1 aliphatic rings. The average Bonchev–Trinajstić information content (AvgIpc) is 3.37. The molecule has 156 valence electrons. The molecule has 0 radical (unpaired) electrons. The Morgan fingerprint density at radius 3 is 2.68 bits per heavy atom. The van der Waals surface area contributed by atoms with Gasteiger partial charge in [0.1, 0.15) is 11.5 Å². The number of benzene rings is 2. The summed E-state index contributed by atoms with van der Waals surface area (Å²) >= 11 is 7.91. The predicted octanol–water partition coefficient (Wildman–Crippen LogP) is 6.02. The van der Waals surface area contributed by atoms with Gasteiger partial charge in [0.25, 0.3) is 5.91 Å². The van der Waals surface area contributed by atoms with Crippen LogP contribution in [0, 0.1) is 0 Å². The zero-order chi connectivity index (χ0) is 21.8. The van der Waals surface area contributed by atoms with E-state index in [2.05, 4.69) is 42.1 Å². The van der Waals surface area contributed by atoms with Crippen molar-refractivity contribution in [1.29, 1.82) is 0 Å². The van der Waals surface area contributed by atoms with E-state index in [0.717, 1.165) is 10.0 Å². The van der Waals surface area contributed by atoms with Gasteiger partial charge in [0, 0.05) is 10.0 Å². The quantitative estimate of drug-likeness (QED) is 0.235. The van der Waals surface area contributed by atoms with E-state index in [-0.39, 0.29) is 18.2 Å². The molecular weight excluding hydrogens is 546 g/mol. The van der Waals surface area contributed by atoms with Crippen molar-refractivity contribution in [3.63, 3.8) is 0 Å². The van der Waals surface area contributed by atoms with Gasteiger partial charge in [0.2, 0.25) is 0 Å². The minimum Gasteiger partial charge on any atom is -0.506 e. The first-order chi connectivity index (χ1) is 15.0. The number of thioether (sulfide) groups is 1. The molecule has 0 atom stereocenters. The molecule has 1 saturated heterocycles. The molecule has 1 amide bonds. The van der Waals surface area contributed by atoms with E-state index in [0.29, 0.717) is 25.9 Å². The lowest BCUT2D eigenvalue weighted by atomic mass is 10.2. The van der Waals surface area contributed by atoms with Gasteiger partial charge in [-0.25, -0.2) is 0 Å². The fourth-order valence-electron chi connectivity index (χ4n) is 2.80. The van der Waals surface area contributed by atoms with Crippen LogP contribution in [-0.2, 0) is 11.3 Å². The molecule has 1 fully saturated rings. The Hall–Kier alpha value is -2.62. The van der Waals surface area contributed by atoms with Gasteiger partial charge in [-0.3, -0.25) is 9.69 Å². The Morgan fingerprint density at radius 2 is 1.94 bits per heavy atom. The number of phenols is 1. The van der Waals surface area contributed by atoms with E-state index in [1.807, 2.05) is 30.3 Å². The number of amides is 1. The maximum Gasteiger partial charge on any atom is 0.267 e. The maximum atomic E-state index is 13.1. The van der Waals surface area contributed by atoms with Crippen molar-refractivity contribution in [3.8, 4) is 5.75 Å². The number of hydrogen-bond acceptors (Lipinski definition) is 6. The van der Waals surface area contributed by atoms with Crippen LogP contribution in [0.3, 0.4) is 0 Å². The van der Waals surface area contributed by atoms with Crippen LogP contribution in [0.1, 0.15) is 16.9 Å². The van der Waals surface area contributed by atoms with E-state index in [1.54, 1.807) is 42.8 Å². The second kappa shape index (κ2) is 9.67. The van der Waals surface area contributed by atoms with Gasteiger partial charge in [-0.05, 0) is 63.6 Å². The van der Waals surface area contributed by atoms with Gasteiger partial charge in [-0.1, -0.05) is 46.3 Å². The third kappa shape index (κ3) is 5.17. The van der Waals surface area contributed by atoms with Crippen molar-refractivity contribution in [2.75, 3.05) is 0 Å². The molecule has 9 heteroatoms. The summed E-state index contributed by atoms with van der Waals surface area (Å²) in [6, 6.07) is 16.6. The molecule has 1 aromatic heterocycles. The van der Waals surface area contributed by atoms with Gasteiger partial charge in [-0.2, -0.15) is 5.10 Å². The molecule has 0 saturated carbocycles. The summed E-state index contributed by atoms with van der Waals surface area (Å²) in [5.41, 5.74) is 1.41. The van der Waals surface area contributed by atoms with Crippen molar-refractivity contribution in [3.05, 3.63) is 91.6 Å². The normalized spacial score (nSPS) is 16.8. The standard InChI is InChI=1S/C22H15Br2N3O3S/c23-16-9-15(20(28)18(24)11-16)10-19-21(29)27(13-17-7-4-8-30-17)22(31-19)26-25-12-14-5-2-1-3-6-14/h1-12,28H,13H2/b19-10-,25-12+,26-22-. The first-order valence-electron chi connectivity index (χ1n) is 9.09. The van der Waals surface area contributed by atoms with E-state index >= 15 is 0 Å². The molecule has 3 aromatic rings. The number of rotatable bonds is 5. The van der Waals surface area contributed by atoms with Crippen LogP contribution in [0.2, 0.25) is 0 Å². The van der Waals surface area contributed by atoms with E-state index in [9.17, 15) is 9.90 Å². The average molecular weight is 561 g/mol. The van der Waals surface area contributed by atoms with Crippen LogP contribution in [0.25, 0.3) is 6.08 Å². The van der Waals surface area contributed by atoms with Crippen molar-refractivity contribution in [2.24, 2.45) is 10.2 Å². The monoisotopic (exact) mass is 559 g/mol. The summed E-state index contributed by atoms with van der Waals surface area (Å²) in [5.74, 6) is 0.433. The van der Waals surface area contributed by atoms with Crippen LogP contribution < -0.4 is 0 Å². The summed E-state index contributed by atoms with van der Waals surface area (Å²) in [5, 5.41) is 19.2. The second-order valence-electron chi connectivity index (χ2n) is 6.44. The Labute approximate surface area is 199 Å². The minimum atomic E-state index is -0.245. The van der Waals surface area contributed by atoms with E-state index in [4.69, 9.17) is 4.42 Å². The summed E-state index contributed by atoms with van der Waals surface area (Å²) in [4.78, 5) is 15.0. The Bertz CT molecular complexity index is 1190. The van der Waals surface area contributed by atoms with Crippen LogP contribution in [0.15, 0.2) is 89.3 Å². The molecule has 2 heterocycles. The zero-order valence-electron chi connectivity index (χ0n) is 15.9. The third-order valence-electron chi connectivity index (χ3n) is 4.28. The molecule has 1 N–H and O–H groups in total. The highest BCUT2D eigenvalue weighted by molar-refractivity contribution is 9.11. The lowest BCUT2D eigenvalue weighted by molar-refractivity contribution is -0.122. The highest BCUT2D eigenvalue weighted by Gasteiger charge is 2.34. The highest BCUT2D eigenvalue weighted by atomic mass is 79.9. The molecule has 0 spiro atoms. The first kappa shape index (κ1) is 21.6. The largest absolute Gasteiger partial charge is 0.506 e. The smallest absolute Gasteiger partial charge is 0.267 e. The number of carbonyl (C=O) groups is 1. The van der Waals surface area contributed by atoms with Crippen LogP contribution in [0.5, 0.6) is 5.75 Å². The zero-order valence-corrected chi connectivity index (χ0v) is 19.9. The van der Waals surface area contributed by atoms with Crippen molar-refractivity contribution < 1.29 is 14.3 Å². The summed E-state index contributed by atoms with van der Waals surface area (Å²) in [7, 11) is 0. The van der Waals surface area contributed by atoms with Gasteiger partial charge >= 0.3 is 0 Å². The number of furan rings is 1. The predicted molar refractivity (Wildman–Crippen MR) is 130 cm³/mol. The van der Waals surface area contributed by atoms with E-state index < -0.39 is 0 Å². The lowest BCUT2D eigenvalue weighted by Crippen LogP contribution is -2.28. The van der Waals surface area contributed by atoms with Crippen LogP contribution >= 0.6 is 43.6 Å². The van der Waals surface area contributed by atoms with Crippen molar-refractivity contribution in [2.45, 2.75) is 6.54 Å². The van der Waals surface area contributed by atoms with E-state index in [1.165, 1.54) is 16.7 Å². The summed E-state index contributed by atoms with van der Waals surface area (Å²) in [6.07, 6.45) is 4.82. The molecule has 1 aliphatic heterocycles. The molecule has 6 nitrogen and oxygen atoms in total. The fraction of sp³-hybridized carbons (Fsp3) is 0.0455. The Kier molecular flexibility index (Phi) is 6.74. The van der Waals surface area contributed by atoms with Crippen LogP contribution in [-0.4, -0.2) is 27.3 Å². The number of carbonyl (C=O) groups excluding carboxylic acids is 1.